The summed E-state index contributed by atoms with van der Waals surface area (Å²) in [7, 11) is -0.841. The number of nitrogens with zero attached hydrogens (tertiary/aromatic N) is 1. The minimum Gasteiger partial charge on any atom is -0.327 e. The molecule has 0 amide bonds. The van der Waals surface area contributed by atoms with Gasteiger partial charge in [0.1, 0.15) is 0 Å². The number of hydrogen-bond acceptors (Lipinski definition) is 2. The molecule has 26 heavy (non-hydrogen) atoms. The minimum absolute atomic E-state index is 0.0423. The van der Waals surface area contributed by atoms with Gasteiger partial charge in [0, 0.05) is 6.04 Å². The number of hydrogen-bond donors (Lipinski definition) is 1. The summed E-state index contributed by atoms with van der Waals surface area (Å²) in [4.78, 5) is 0. The number of rotatable bonds is 18. The highest BCUT2D eigenvalue weighted by Gasteiger charge is 2.18. The van der Waals surface area contributed by atoms with Crippen LogP contribution in [0.3, 0.4) is 0 Å². The molecule has 0 saturated heterocycles. The van der Waals surface area contributed by atoms with E-state index in [1.807, 2.05) is 6.92 Å². The number of unbranched alkanes of at least 4 members (excludes halogenated alkanes) is 8. The van der Waals surface area contributed by atoms with Crippen molar-refractivity contribution < 1.29 is 12.9 Å². The lowest BCUT2D eigenvalue weighted by Gasteiger charge is -2.32. The van der Waals surface area contributed by atoms with E-state index >= 15 is 0 Å². The maximum atomic E-state index is 12.2. The smallest absolute Gasteiger partial charge is 0.211 e. The second-order valence-corrected chi connectivity index (χ2v) is 10.2. The van der Waals surface area contributed by atoms with Crippen molar-refractivity contribution in [2.45, 2.75) is 104 Å². The van der Waals surface area contributed by atoms with Crippen LogP contribution in [-0.4, -0.2) is 51.4 Å². The van der Waals surface area contributed by atoms with E-state index in [4.69, 9.17) is 0 Å². The topological polar surface area (TPSA) is 46.2 Å². The van der Waals surface area contributed by atoms with Crippen LogP contribution in [0, 0.1) is 0 Å². The highest BCUT2D eigenvalue weighted by Crippen LogP contribution is 2.11. The Kier molecular flexibility index (Phi) is 14.8. The van der Waals surface area contributed by atoms with Gasteiger partial charge in [0.25, 0.3) is 0 Å². The molecule has 0 fully saturated rings. The van der Waals surface area contributed by atoms with Gasteiger partial charge in [0.05, 0.1) is 32.4 Å². The highest BCUT2D eigenvalue weighted by atomic mass is 32.2. The third-order valence-electron chi connectivity index (χ3n) is 5.76. The molecule has 0 radical (unpaired) electrons. The Hall–Kier alpha value is -0.130. The van der Waals surface area contributed by atoms with Crippen LogP contribution < -0.4 is 4.72 Å². The Morgan fingerprint density at radius 2 is 1.31 bits per heavy atom. The van der Waals surface area contributed by atoms with Crippen LogP contribution in [0.15, 0.2) is 0 Å². The predicted octanol–water partition coefficient (Wildman–Crippen LogP) is 5.09. The molecule has 1 atom stereocenters. The van der Waals surface area contributed by atoms with Gasteiger partial charge in [-0.2, -0.15) is 0 Å². The van der Waals surface area contributed by atoms with Crippen molar-refractivity contribution in [1.82, 2.24) is 4.72 Å². The highest BCUT2D eigenvalue weighted by molar-refractivity contribution is 7.89. The quantitative estimate of drug-likeness (QED) is 0.261. The summed E-state index contributed by atoms with van der Waals surface area (Å²) in [5.74, 6) is 0.283. The molecular formula is C21H47N2O2S+. The molecule has 0 aliphatic carbocycles. The van der Waals surface area contributed by atoms with Crippen molar-refractivity contribution >= 4 is 10.0 Å². The fourth-order valence-corrected chi connectivity index (χ4v) is 4.78. The van der Waals surface area contributed by atoms with E-state index in [9.17, 15) is 8.42 Å². The van der Waals surface area contributed by atoms with Crippen molar-refractivity contribution in [3.63, 3.8) is 0 Å². The van der Waals surface area contributed by atoms with Crippen molar-refractivity contribution in [2.24, 2.45) is 0 Å². The van der Waals surface area contributed by atoms with Crippen LogP contribution in [0.1, 0.15) is 98.3 Å². The van der Waals surface area contributed by atoms with Crippen LogP contribution in [0.25, 0.3) is 0 Å². The van der Waals surface area contributed by atoms with E-state index in [-0.39, 0.29) is 11.8 Å². The summed E-state index contributed by atoms with van der Waals surface area (Å²) in [6.07, 6.45) is 12.8. The van der Waals surface area contributed by atoms with Crippen LogP contribution in [0.5, 0.6) is 0 Å². The van der Waals surface area contributed by atoms with E-state index < -0.39 is 10.0 Å². The first-order valence-corrected chi connectivity index (χ1v) is 12.8. The molecule has 0 bridgehead atoms. The zero-order valence-electron chi connectivity index (χ0n) is 18.4. The van der Waals surface area contributed by atoms with Gasteiger partial charge >= 0.3 is 0 Å². The predicted molar refractivity (Wildman–Crippen MR) is 115 cm³/mol. The molecule has 0 heterocycles. The van der Waals surface area contributed by atoms with Gasteiger partial charge in [0.2, 0.25) is 10.0 Å². The summed E-state index contributed by atoms with van der Waals surface area (Å²) in [5, 5.41) is 0. The van der Waals surface area contributed by atoms with Crippen molar-refractivity contribution in [1.29, 1.82) is 0 Å². The molecule has 0 aromatic heterocycles. The molecule has 1 unspecified atom stereocenters. The molecule has 1 N–H and O–H groups in total. The molecular weight excluding hydrogens is 344 g/mol. The number of quaternary nitrogens is 1. The largest absolute Gasteiger partial charge is 0.327 e. The maximum Gasteiger partial charge on any atom is 0.211 e. The Balaban J connectivity index is 3.79. The van der Waals surface area contributed by atoms with Crippen molar-refractivity contribution in [3.05, 3.63) is 0 Å². The zero-order valence-corrected chi connectivity index (χ0v) is 19.2. The van der Waals surface area contributed by atoms with Crippen LogP contribution in [0.2, 0.25) is 0 Å². The molecule has 0 rings (SSSR count). The second-order valence-electron chi connectivity index (χ2n) is 8.28. The van der Waals surface area contributed by atoms with Gasteiger partial charge in [-0.25, -0.2) is 13.1 Å². The third-order valence-corrected chi connectivity index (χ3v) is 7.35. The zero-order chi connectivity index (χ0) is 19.9. The van der Waals surface area contributed by atoms with E-state index in [0.29, 0.717) is 0 Å². The molecule has 0 aliphatic heterocycles. The lowest BCUT2D eigenvalue weighted by Crippen LogP contribution is -2.44. The first-order valence-electron chi connectivity index (χ1n) is 11.1. The van der Waals surface area contributed by atoms with Crippen molar-refractivity contribution in [2.75, 3.05) is 32.4 Å². The first kappa shape index (κ1) is 25.9. The summed E-state index contributed by atoms with van der Waals surface area (Å²) >= 11 is 0. The first-order chi connectivity index (χ1) is 12.3. The average Bonchev–Trinajstić information content (AvgIpc) is 2.59. The fourth-order valence-electron chi connectivity index (χ4n) is 3.35. The Labute approximate surface area is 164 Å². The van der Waals surface area contributed by atoms with Gasteiger partial charge in [-0.15, -0.1) is 0 Å². The van der Waals surface area contributed by atoms with Gasteiger partial charge in [-0.1, -0.05) is 58.3 Å². The van der Waals surface area contributed by atoms with Crippen LogP contribution in [-0.2, 0) is 10.0 Å². The third kappa shape index (κ3) is 14.0. The standard InChI is InChI=1S/C21H47N2O2S/c1-6-9-10-11-12-13-14-15-16-20-26(24,25)22-21(4)18-17-19-23(5,7-2)8-3/h21-22H,6-20H2,1-5H3/q+1. The fraction of sp³-hybridized carbons (Fsp3) is 1.00. The molecule has 0 aromatic carbocycles. The molecule has 158 valence electrons. The van der Waals surface area contributed by atoms with E-state index in [1.165, 1.54) is 44.9 Å². The number of nitrogens with one attached hydrogen (secondary N) is 1. The SMILES string of the molecule is CCCCCCCCCCCS(=O)(=O)NC(C)CCC[N+](C)(CC)CC. The molecule has 4 nitrogen and oxygen atoms in total. The van der Waals surface area contributed by atoms with Crippen LogP contribution >= 0.6 is 0 Å². The van der Waals surface area contributed by atoms with E-state index in [1.54, 1.807) is 0 Å². The van der Waals surface area contributed by atoms with Gasteiger partial charge < -0.3 is 4.48 Å². The summed E-state index contributed by atoms with van der Waals surface area (Å²) in [6, 6.07) is 0.0423. The Bertz CT molecular complexity index is 420. The monoisotopic (exact) mass is 391 g/mol. The molecule has 0 spiro atoms. The Morgan fingerprint density at radius 3 is 1.81 bits per heavy atom. The van der Waals surface area contributed by atoms with E-state index in [2.05, 4.69) is 32.5 Å². The number of sulfonamides is 1. The normalized spacial score (nSPS) is 13.9. The molecule has 0 aliphatic rings. The lowest BCUT2D eigenvalue weighted by atomic mass is 10.1. The van der Waals surface area contributed by atoms with Gasteiger partial charge in [0.15, 0.2) is 0 Å². The Morgan fingerprint density at radius 1 is 0.808 bits per heavy atom. The summed E-state index contributed by atoms with van der Waals surface area (Å²) in [6.45, 7) is 12.1. The summed E-state index contributed by atoms with van der Waals surface area (Å²) < 4.78 is 28.3. The minimum atomic E-state index is -3.12. The van der Waals surface area contributed by atoms with Gasteiger partial charge in [-0.3, -0.25) is 0 Å². The lowest BCUT2D eigenvalue weighted by molar-refractivity contribution is -0.906. The van der Waals surface area contributed by atoms with Crippen LogP contribution in [0.4, 0.5) is 0 Å². The molecule has 0 saturated carbocycles. The maximum absolute atomic E-state index is 12.2. The summed E-state index contributed by atoms with van der Waals surface area (Å²) in [5.41, 5.74) is 0. The average molecular weight is 392 g/mol. The van der Waals surface area contributed by atoms with Crippen molar-refractivity contribution in [3.8, 4) is 0 Å². The molecule has 5 heteroatoms. The second kappa shape index (κ2) is 14.9. The van der Waals surface area contributed by atoms with E-state index in [0.717, 1.165) is 49.8 Å². The van der Waals surface area contributed by atoms with Gasteiger partial charge in [-0.05, 0) is 40.0 Å². The molecule has 0 aromatic rings.